The third kappa shape index (κ3) is 2.44. The maximum atomic E-state index is 10.2. The van der Waals surface area contributed by atoms with Crippen LogP contribution in [0, 0.1) is 0 Å². The summed E-state index contributed by atoms with van der Waals surface area (Å²) in [6.07, 6.45) is 5.78. The van der Waals surface area contributed by atoms with Crippen molar-refractivity contribution < 1.29 is 14.9 Å². The highest BCUT2D eigenvalue weighted by atomic mass is 16.6. The van der Waals surface area contributed by atoms with Gasteiger partial charge in [-0.1, -0.05) is 17.7 Å². The SMILES string of the molecule is CC1=CC=CC(O)(Oc2ccc(O)cc2)C1. The molecule has 1 aromatic carbocycles. The predicted molar refractivity (Wildman–Crippen MR) is 61.2 cm³/mol. The van der Waals surface area contributed by atoms with E-state index in [1.54, 1.807) is 24.3 Å². The monoisotopic (exact) mass is 218 g/mol. The van der Waals surface area contributed by atoms with E-state index in [1.807, 2.05) is 13.0 Å². The zero-order chi connectivity index (χ0) is 11.6. The Morgan fingerprint density at radius 1 is 1.25 bits per heavy atom. The third-order valence-electron chi connectivity index (χ3n) is 2.40. The summed E-state index contributed by atoms with van der Waals surface area (Å²) in [4.78, 5) is 0. The van der Waals surface area contributed by atoms with Crippen LogP contribution in [0.15, 0.2) is 48.1 Å². The quantitative estimate of drug-likeness (QED) is 0.749. The van der Waals surface area contributed by atoms with Crippen LogP contribution in [-0.4, -0.2) is 16.0 Å². The second kappa shape index (κ2) is 4.02. The van der Waals surface area contributed by atoms with Crippen molar-refractivity contribution in [1.29, 1.82) is 0 Å². The van der Waals surface area contributed by atoms with E-state index in [9.17, 15) is 5.11 Å². The predicted octanol–water partition coefficient (Wildman–Crippen LogP) is 2.37. The second-order valence-corrected chi connectivity index (χ2v) is 3.99. The van der Waals surface area contributed by atoms with Gasteiger partial charge in [-0.2, -0.15) is 0 Å². The maximum Gasteiger partial charge on any atom is 0.231 e. The number of aliphatic hydroxyl groups is 1. The van der Waals surface area contributed by atoms with Crippen molar-refractivity contribution >= 4 is 0 Å². The molecule has 3 heteroatoms. The molecule has 1 unspecified atom stereocenters. The first kappa shape index (κ1) is 10.8. The first-order valence-corrected chi connectivity index (χ1v) is 5.13. The number of rotatable bonds is 2. The summed E-state index contributed by atoms with van der Waals surface area (Å²) in [6.45, 7) is 1.94. The van der Waals surface area contributed by atoms with Crippen LogP contribution >= 0.6 is 0 Å². The standard InChI is InChI=1S/C13H14O3/c1-10-3-2-8-13(15,9-10)16-12-6-4-11(14)5-7-12/h2-8,14-15H,9H2,1H3. The molecular formula is C13H14O3. The van der Waals surface area contributed by atoms with Crippen molar-refractivity contribution in [3.8, 4) is 11.5 Å². The normalized spacial score (nSPS) is 24.0. The summed E-state index contributed by atoms with van der Waals surface area (Å²) in [5, 5.41) is 19.3. The number of phenolic OH excluding ortho intramolecular Hbond substituents is 1. The zero-order valence-electron chi connectivity index (χ0n) is 9.05. The fourth-order valence-corrected chi connectivity index (χ4v) is 1.67. The second-order valence-electron chi connectivity index (χ2n) is 3.99. The summed E-state index contributed by atoms with van der Waals surface area (Å²) >= 11 is 0. The molecule has 0 aliphatic heterocycles. The number of ether oxygens (including phenoxy) is 1. The smallest absolute Gasteiger partial charge is 0.231 e. The molecule has 0 fully saturated rings. The molecule has 0 amide bonds. The first-order valence-electron chi connectivity index (χ1n) is 5.13. The Balaban J connectivity index is 2.13. The molecule has 2 N–H and O–H groups in total. The number of hydrogen-bond donors (Lipinski definition) is 2. The van der Waals surface area contributed by atoms with Gasteiger partial charge in [0.25, 0.3) is 0 Å². The molecule has 16 heavy (non-hydrogen) atoms. The zero-order valence-corrected chi connectivity index (χ0v) is 9.05. The van der Waals surface area contributed by atoms with Gasteiger partial charge in [0.1, 0.15) is 11.5 Å². The summed E-state index contributed by atoms with van der Waals surface area (Å²) in [6, 6.07) is 6.28. The minimum absolute atomic E-state index is 0.176. The average Bonchev–Trinajstić information content (AvgIpc) is 2.21. The van der Waals surface area contributed by atoms with E-state index in [0.29, 0.717) is 12.2 Å². The van der Waals surface area contributed by atoms with E-state index in [1.165, 1.54) is 12.1 Å². The van der Waals surface area contributed by atoms with Crippen LogP contribution in [0.5, 0.6) is 11.5 Å². The first-order chi connectivity index (χ1) is 7.57. The van der Waals surface area contributed by atoms with Crippen LogP contribution < -0.4 is 4.74 Å². The number of hydrogen-bond acceptors (Lipinski definition) is 3. The lowest BCUT2D eigenvalue weighted by atomic mass is 10.0. The molecule has 0 heterocycles. The molecule has 3 nitrogen and oxygen atoms in total. The molecule has 84 valence electrons. The highest BCUT2D eigenvalue weighted by Gasteiger charge is 2.27. The molecule has 1 aliphatic carbocycles. The van der Waals surface area contributed by atoms with Crippen LogP contribution in [0.25, 0.3) is 0 Å². The number of phenols is 1. The molecular weight excluding hydrogens is 204 g/mol. The van der Waals surface area contributed by atoms with Gasteiger partial charge in [-0.3, -0.25) is 0 Å². The van der Waals surface area contributed by atoms with E-state index < -0.39 is 5.79 Å². The van der Waals surface area contributed by atoms with Gasteiger partial charge in [-0.15, -0.1) is 0 Å². The van der Waals surface area contributed by atoms with E-state index in [-0.39, 0.29) is 5.75 Å². The van der Waals surface area contributed by atoms with Gasteiger partial charge in [0.05, 0.1) is 0 Å². The molecule has 1 aromatic rings. The van der Waals surface area contributed by atoms with Crippen molar-refractivity contribution in [2.75, 3.05) is 0 Å². The van der Waals surface area contributed by atoms with Crippen molar-refractivity contribution in [3.05, 3.63) is 48.1 Å². The van der Waals surface area contributed by atoms with Gasteiger partial charge in [-0.25, -0.2) is 0 Å². The molecule has 0 bridgehead atoms. The van der Waals surface area contributed by atoms with Gasteiger partial charge in [0.15, 0.2) is 0 Å². The average molecular weight is 218 g/mol. The fourth-order valence-electron chi connectivity index (χ4n) is 1.67. The maximum absolute atomic E-state index is 10.2. The van der Waals surface area contributed by atoms with Crippen LogP contribution in [0.4, 0.5) is 0 Å². The summed E-state index contributed by atoms with van der Waals surface area (Å²) in [5.41, 5.74) is 1.06. The van der Waals surface area contributed by atoms with Crippen molar-refractivity contribution in [3.63, 3.8) is 0 Å². The van der Waals surface area contributed by atoms with Crippen LogP contribution in [-0.2, 0) is 0 Å². The number of aromatic hydroxyl groups is 1. The Hall–Kier alpha value is -1.74. The Morgan fingerprint density at radius 3 is 2.56 bits per heavy atom. The Labute approximate surface area is 94.3 Å². The molecule has 2 rings (SSSR count). The summed E-state index contributed by atoms with van der Waals surface area (Å²) in [5.74, 6) is -0.579. The third-order valence-corrected chi connectivity index (χ3v) is 2.40. The molecule has 1 aliphatic rings. The van der Waals surface area contributed by atoms with E-state index in [0.717, 1.165) is 5.57 Å². The molecule has 0 radical (unpaired) electrons. The molecule has 1 atom stereocenters. The van der Waals surface area contributed by atoms with Gasteiger partial charge >= 0.3 is 0 Å². The van der Waals surface area contributed by atoms with Crippen LogP contribution in [0.3, 0.4) is 0 Å². The Morgan fingerprint density at radius 2 is 1.94 bits per heavy atom. The lowest BCUT2D eigenvalue weighted by Crippen LogP contribution is -2.34. The lowest BCUT2D eigenvalue weighted by molar-refractivity contribution is -0.0938. The van der Waals surface area contributed by atoms with E-state index in [2.05, 4.69) is 0 Å². The minimum Gasteiger partial charge on any atom is -0.508 e. The largest absolute Gasteiger partial charge is 0.508 e. The Kier molecular flexibility index (Phi) is 2.71. The van der Waals surface area contributed by atoms with Crippen LogP contribution in [0.1, 0.15) is 13.3 Å². The molecule has 0 spiro atoms. The minimum atomic E-state index is -1.28. The summed E-state index contributed by atoms with van der Waals surface area (Å²) in [7, 11) is 0. The Bertz CT molecular complexity index is 431. The van der Waals surface area contributed by atoms with Crippen molar-refractivity contribution in [2.24, 2.45) is 0 Å². The van der Waals surface area contributed by atoms with Gasteiger partial charge in [-0.05, 0) is 37.3 Å². The lowest BCUT2D eigenvalue weighted by Gasteiger charge is -2.28. The molecule has 0 saturated carbocycles. The van der Waals surface area contributed by atoms with Gasteiger partial charge < -0.3 is 14.9 Å². The van der Waals surface area contributed by atoms with E-state index in [4.69, 9.17) is 9.84 Å². The number of benzene rings is 1. The molecule has 0 saturated heterocycles. The van der Waals surface area contributed by atoms with Crippen molar-refractivity contribution in [2.45, 2.75) is 19.1 Å². The number of allylic oxidation sites excluding steroid dienone is 2. The fraction of sp³-hybridized carbons (Fsp3) is 0.231. The summed E-state index contributed by atoms with van der Waals surface area (Å²) < 4.78 is 5.48. The highest BCUT2D eigenvalue weighted by molar-refractivity contribution is 5.32. The van der Waals surface area contributed by atoms with Gasteiger partial charge in [0.2, 0.25) is 5.79 Å². The highest BCUT2D eigenvalue weighted by Crippen LogP contribution is 2.27. The molecule has 0 aromatic heterocycles. The van der Waals surface area contributed by atoms with E-state index >= 15 is 0 Å². The topological polar surface area (TPSA) is 49.7 Å². The van der Waals surface area contributed by atoms with Crippen LogP contribution in [0.2, 0.25) is 0 Å². The van der Waals surface area contributed by atoms with Gasteiger partial charge in [0, 0.05) is 6.42 Å². The van der Waals surface area contributed by atoms with Crippen molar-refractivity contribution in [1.82, 2.24) is 0 Å².